The van der Waals surface area contributed by atoms with E-state index >= 15 is 0 Å². The molecule has 0 aromatic heterocycles. The first kappa shape index (κ1) is 21.8. The Morgan fingerprint density at radius 2 is 1.61 bits per heavy atom. The number of hydrogen-bond acceptors (Lipinski definition) is 4. The lowest BCUT2D eigenvalue weighted by Gasteiger charge is -2.30. The van der Waals surface area contributed by atoms with Crippen molar-refractivity contribution in [3.8, 4) is 0 Å². The highest BCUT2D eigenvalue weighted by atomic mass is 32.2. The largest absolute Gasteiger partial charge is 0.611 e. The maximum Gasteiger partial charge on any atom is 0.185 e. The first-order chi connectivity index (χ1) is 16.0. The van der Waals surface area contributed by atoms with E-state index < -0.39 is 26.3 Å². The van der Waals surface area contributed by atoms with Crippen molar-refractivity contribution in [3.63, 3.8) is 0 Å². The topological polar surface area (TPSA) is 57.2 Å². The first-order valence-corrected chi connectivity index (χ1v) is 15.5. The van der Waals surface area contributed by atoms with Crippen molar-refractivity contribution in [3.05, 3.63) is 94.0 Å². The fourth-order valence-electron chi connectivity index (χ4n) is 5.52. The normalized spacial score (nSPS) is 25.5. The number of rotatable bonds is 2. The Balaban J connectivity index is 1.36. The molecule has 6 heteroatoms. The van der Waals surface area contributed by atoms with Crippen LogP contribution in [0, 0.1) is 0 Å². The number of hydrogen-bond donors (Lipinski definition) is 0. The summed E-state index contributed by atoms with van der Waals surface area (Å²) < 4.78 is 40.9. The van der Waals surface area contributed by atoms with Gasteiger partial charge in [-0.25, -0.2) is 8.42 Å². The Bertz CT molecular complexity index is 1330. The van der Waals surface area contributed by atoms with Crippen molar-refractivity contribution in [1.82, 2.24) is 0 Å². The van der Waals surface area contributed by atoms with Crippen molar-refractivity contribution in [1.29, 1.82) is 0 Å². The van der Waals surface area contributed by atoms with Crippen molar-refractivity contribution in [2.24, 2.45) is 0 Å². The Morgan fingerprint density at radius 3 is 2.52 bits per heavy atom. The van der Waals surface area contributed by atoms with Gasteiger partial charge in [0.15, 0.2) is 14.7 Å². The Morgan fingerprint density at radius 1 is 0.818 bits per heavy atom. The van der Waals surface area contributed by atoms with Gasteiger partial charge >= 0.3 is 0 Å². The Labute approximate surface area is 203 Å². The number of aryl methyl sites for hydroxylation is 3. The molecule has 3 aromatic carbocycles. The van der Waals surface area contributed by atoms with E-state index in [-0.39, 0.29) is 5.25 Å². The van der Waals surface area contributed by atoms with E-state index in [1.165, 1.54) is 11.1 Å². The molecule has 6 rings (SSSR count). The van der Waals surface area contributed by atoms with Gasteiger partial charge < -0.3 is 4.55 Å². The van der Waals surface area contributed by atoms with Crippen LogP contribution in [0.5, 0.6) is 0 Å². The summed E-state index contributed by atoms with van der Waals surface area (Å²) >= 11 is 0.743. The average molecular weight is 495 g/mol. The van der Waals surface area contributed by atoms with Crippen molar-refractivity contribution in [2.75, 3.05) is 5.75 Å². The molecule has 3 aliphatic heterocycles. The molecular weight excluding hydrogens is 468 g/mol. The highest BCUT2D eigenvalue weighted by molar-refractivity contribution is 7.98. The molecule has 0 saturated heterocycles. The van der Waals surface area contributed by atoms with Crippen molar-refractivity contribution < 1.29 is 13.0 Å². The number of sulfone groups is 1. The zero-order valence-electron chi connectivity index (χ0n) is 18.3. The van der Waals surface area contributed by atoms with Crippen LogP contribution in [0.3, 0.4) is 0 Å². The first-order valence-electron chi connectivity index (χ1n) is 11.6. The minimum Gasteiger partial charge on any atom is -0.611 e. The van der Waals surface area contributed by atoms with Gasteiger partial charge in [0.2, 0.25) is 0 Å². The number of fused-ring (bicyclic) bond motifs is 3. The molecule has 0 saturated carbocycles. The smallest absolute Gasteiger partial charge is 0.185 e. The van der Waals surface area contributed by atoms with Gasteiger partial charge in [-0.05, 0) is 77.0 Å². The Hall–Kier alpha value is -1.73. The molecule has 0 N–H and O–H groups in total. The van der Waals surface area contributed by atoms with Crippen LogP contribution in [0.1, 0.15) is 56.7 Å². The van der Waals surface area contributed by atoms with Gasteiger partial charge in [-0.3, -0.25) is 0 Å². The van der Waals surface area contributed by atoms with Crippen LogP contribution in [0.2, 0.25) is 0 Å². The molecule has 0 bridgehead atoms. The molecule has 33 heavy (non-hydrogen) atoms. The van der Waals surface area contributed by atoms with E-state index in [1.807, 2.05) is 60.3 Å². The molecule has 3 aliphatic rings. The quantitative estimate of drug-likeness (QED) is 0.427. The van der Waals surface area contributed by atoms with Crippen LogP contribution in [0.25, 0.3) is 0 Å². The summed E-state index contributed by atoms with van der Waals surface area (Å²) in [6.45, 7) is 0. The lowest BCUT2D eigenvalue weighted by molar-refractivity contribution is 0.558. The van der Waals surface area contributed by atoms with Crippen LogP contribution in [0.4, 0.5) is 0 Å². The molecule has 3 unspecified atom stereocenters. The summed E-state index contributed by atoms with van der Waals surface area (Å²) in [5, 5.41) is -0.670. The second-order valence-electron chi connectivity index (χ2n) is 9.20. The maximum absolute atomic E-state index is 13.8. The lowest BCUT2D eigenvalue weighted by atomic mass is 9.96. The van der Waals surface area contributed by atoms with Crippen molar-refractivity contribution >= 4 is 32.8 Å². The molecule has 0 aliphatic carbocycles. The second kappa shape index (κ2) is 8.49. The molecule has 0 spiro atoms. The van der Waals surface area contributed by atoms with Gasteiger partial charge in [0.05, 0.1) is 10.1 Å². The van der Waals surface area contributed by atoms with E-state index in [1.54, 1.807) is 0 Å². The van der Waals surface area contributed by atoms with Crippen LogP contribution >= 0.6 is 11.8 Å². The number of thioether (sulfide) groups is 1. The zero-order chi connectivity index (χ0) is 22.6. The lowest BCUT2D eigenvalue weighted by Crippen LogP contribution is -2.24. The highest BCUT2D eigenvalue weighted by Gasteiger charge is 2.38. The highest BCUT2D eigenvalue weighted by Crippen LogP contribution is 2.44. The van der Waals surface area contributed by atoms with Gasteiger partial charge in [-0.1, -0.05) is 48.5 Å². The summed E-state index contributed by atoms with van der Waals surface area (Å²) in [7, 11) is -3.51. The summed E-state index contributed by atoms with van der Waals surface area (Å²) in [4.78, 5) is 1.33. The van der Waals surface area contributed by atoms with Gasteiger partial charge in [-0.15, -0.1) is 0 Å². The molecular formula is C27H26O3S3. The molecule has 0 radical (unpaired) electrons. The summed E-state index contributed by atoms with van der Waals surface area (Å²) in [6.07, 6.45) is 4.07. The van der Waals surface area contributed by atoms with Crippen molar-refractivity contribution in [2.45, 2.75) is 58.1 Å². The number of benzene rings is 3. The standard InChI is InChI=1S/C27H26O3S3/c28-32-24-4-2-1-3-19(24)9-11-25(32)21-7-6-20-10-12-26(33(29,30)27(20)16-21)22-8-5-18-13-14-31-17-23(18)15-22/h1-8,15-16,25-26H,9-14,17H2. The third-order valence-electron chi connectivity index (χ3n) is 7.32. The maximum atomic E-state index is 13.8. The summed E-state index contributed by atoms with van der Waals surface area (Å²) in [5.41, 5.74) is 6.48. The molecule has 3 heterocycles. The minimum absolute atomic E-state index is 0.165. The van der Waals surface area contributed by atoms with E-state index in [0.29, 0.717) is 11.3 Å². The van der Waals surface area contributed by atoms with E-state index in [0.717, 1.165) is 64.3 Å². The Kier molecular flexibility index (Phi) is 5.60. The van der Waals surface area contributed by atoms with E-state index in [4.69, 9.17) is 0 Å². The van der Waals surface area contributed by atoms with E-state index in [2.05, 4.69) is 12.1 Å². The summed E-state index contributed by atoms with van der Waals surface area (Å²) in [6, 6.07) is 20.0. The minimum atomic E-state index is -3.51. The van der Waals surface area contributed by atoms with Gasteiger partial charge in [0.25, 0.3) is 0 Å². The third kappa shape index (κ3) is 3.75. The third-order valence-corrected chi connectivity index (χ3v) is 12.4. The van der Waals surface area contributed by atoms with Crippen LogP contribution in [-0.2, 0) is 46.0 Å². The predicted octanol–water partition coefficient (Wildman–Crippen LogP) is 5.73. The average Bonchev–Trinajstić information content (AvgIpc) is 2.84. The predicted molar refractivity (Wildman–Crippen MR) is 135 cm³/mol. The van der Waals surface area contributed by atoms with Gasteiger partial charge in [-0.2, -0.15) is 11.8 Å². The molecule has 3 atom stereocenters. The van der Waals surface area contributed by atoms with Crippen LogP contribution in [0.15, 0.2) is 70.5 Å². The zero-order valence-corrected chi connectivity index (χ0v) is 20.8. The van der Waals surface area contributed by atoms with Gasteiger partial charge in [0, 0.05) is 23.3 Å². The molecule has 0 amide bonds. The summed E-state index contributed by atoms with van der Waals surface area (Å²) in [5.74, 6) is 2.10. The monoisotopic (exact) mass is 494 g/mol. The van der Waals surface area contributed by atoms with Gasteiger partial charge in [0.1, 0.15) is 5.25 Å². The SMILES string of the molecule is O=S1(=O)c2cc(C3CCc4ccccc4[S+]3[O-])ccc2CCC1c1ccc2c(c1)CSCC2. The molecule has 3 nitrogen and oxygen atoms in total. The molecule has 0 fully saturated rings. The second-order valence-corrected chi connectivity index (χ2v) is 14.0. The molecule has 3 aromatic rings. The van der Waals surface area contributed by atoms with Crippen LogP contribution < -0.4 is 0 Å². The molecule has 170 valence electrons. The van der Waals surface area contributed by atoms with Crippen LogP contribution in [-0.4, -0.2) is 18.7 Å². The van der Waals surface area contributed by atoms with E-state index in [9.17, 15) is 13.0 Å². The fraction of sp³-hybridized carbons (Fsp3) is 0.333. The fourth-order valence-corrected chi connectivity index (χ4v) is 10.3.